The zero-order chi connectivity index (χ0) is 22.5. The summed E-state index contributed by atoms with van der Waals surface area (Å²) in [6, 6.07) is 21.9. The molecule has 1 aliphatic rings. The molecule has 0 saturated heterocycles. The summed E-state index contributed by atoms with van der Waals surface area (Å²) in [5.41, 5.74) is 5.21. The van der Waals surface area contributed by atoms with E-state index in [0.717, 1.165) is 33.5 Å². The molecule has 3 heterocycles. The molecule has 4 nitrogen and oxygen atoms in total. The molecule has 0 unspecified atom stereocenters. The number of hydrogen-bond donors (Lipinski definition) is 0. The molecular formula is C27H15Cl2NO3. The second kappa shape index (κ2) is 7.77. The van der Waals surface area contributed by atoms with Crippen molar-refractivity contribution in [3.05, 3.63) is 106 Å². The predicted octanol–water partition coefficient (Wildman–Crippen LogP) is 7.59. The molecule has 2 aromatic heterocycles. The fourth-order valence-corrected chi connectivity index (χ4v) is 4.49. The van der Waals surface area contributed by atoms with Crippen molar-refractivity contribution in [1.29, 1.82) is 0 Å². The lowest BCUT2D eigenvalue weighted by atomic mass is 9.95. The first-order chi connectivity index (χ1) is 16.1. The minimum atomic E-state index is -0.219. The van der Waals surface area contributed by atoms with Crippen LogP contribution in [-0.4, -0.2) is 10.8 Å². The van der Waals surface area contributed by atoms with E-state index >= 15 is 0 Å². The van der Waals surface area contributed by atoms with Gasteiger partial charge in [0.05, 0.1) is 5.69 Å². The van der Waals surface area contributed by atoms with Crippen molar-refractivity contribution in [2.45, 2.75) is 6.61 Å². The average molecular weight is 472 g/mol. The first-order valence-corrected chi connectivity index (χ1v) is 11.1. The maximum Gasteiger partial charge on any atom is 0.228 e. The molecule has 0 amide bonds. The van der Waals surface area contributed by atoms with Gasteiger partial charge in [0, 0.05) is 49.4 Å². The number of furan rings is 1. The molecule has 6 rings (SSSR count). The normalized spacial score (nSPS) is 12.2. The summed E-state index contributed by atoms with van der Waals surface area (Å²) in [5, 5.41) is 2.03. The summed E-state index contributed by atoms with van der Waals surface area (Å²) < 4.78 is 12.0. The van der Waals surface area contributed by atoms with Gasteiger partial charge in [-0.25, -0.2) is 0 Å². The topological polar surface area (TPSA) is 52.3 Å². The van der Waals surface area contributed by atoms with Crippen LogP contribution in [0.5, 0.6) is 5.75 Å². The van der Waals surface area contributed by atoms with Gasteiger partial charge in [0.25, 0.3) is 0 Å². The molecule has 5 aromatic rings. The van der Waals surface area contributed by atoms with Crippen LogP contribution in [0.4, 0.5) is 0 Å². The molecule has 0 atom stereocenters. The van der Waals surface area contributed by atoms with Gasteiger partial charge in [-0.3, -0.25) is 9.78 Å². The first kappa shape index (κ1) is 20.0. The van der Waals surface area contributed by atoms with E-state index in [1.165, 1.54) is 0 Å². The quantitative estimate of drug-likeness (QED) is 0.254. The molecule has 0 spiro atoms. The number of para-hydroxylation sites is 1. The highest BCUT2D eigenvalue weighted by atomic mass is 35.5. The lowest BCUT2D eigenvalue weighted by Gasteiger charge is -2.20. The van der Waals surface area contributed by atoms with E-state index in [1.807, 2.05) is 42.5 Å². The number of hydrogen-bond acceptors (Lipinski definition) is 4. The molecule has 0 saturated carbocycles. The predicted molar refractivity (Wildman–Crippen MR) is 129 cm³/mol. The van der Waals surface area contributed by atoms with Gasteiger partial charge in [0.15, 0.2) is 5.76 Å². The minimum absolute atomic E-state index is 0.219. The van der Waals surface area contributed by atoms with Crippen LogP contribution in [0.3, 0.4) is 0 Å². The number of benzene rings is 3. The molecule has 160 valence electrons. The van der Waals surface area contributed by atoms with Crippen molar-refractivity contribution < 1.29 is 13.9 Å². The van der Waals surface area contributed by atoms with Crippen LogP contribution in [0, 0.1) is 0 Å². The van der Waals surface area contributed by atoms with Gasteiger partial charge in [-0.1, -0.05) is 41.4 Å². The lowest BCUT2D eigenvalue weighted by molar-refractivity contribution is 0.101. The number of halogens is 2. The number of carbonyl (C=O) groups is 1. The van der Waals surface area contributed by atoms with Crippen LogP contribution in [-0.2, 0) is 6.61 Å². The molecule has 0 bridgehead atoms. The van der Waals surface area contributed by atoms with Crippen molar-refractivity contribution in [1.82, 2.24) is 4.98 Å². The van der Waals surface area contributed by atoms with Crippen molar-refractivity contribution in [3.63, 3.8) is 0 Å². The Labute approximate surface area is 199 Å². The third-order valence-corrected chi connectivity index (χ3v) is 6.23. The summed E-state index contributed by atoms with van der Waals surface area (Å²) >= 11 is 12.2. The molecule has 0 radical (unpaired) electrons. The second-order valence-electron chi connectivity index (χ2n) is 7.80. The van der Waals surface area contributed by atoms with Crippen LogP contribution >= 0.6 is 23.2 Å². The highest BCUT2D eigenvalue weighted by Crippen LogP contribution is 2.41. The monoisotopic (exact) mass is 471 g/mol. The van der Waals surface area contributed by atoms with Gasteiger partial charge in [-0.2, -0.15) is 0 Å². The number of pyridine rings is 1. The number of aromatic nitrogens is 1. The summed E-state index contributed by atoms with van der Waals surface area (Å²) in [5.74, 6) is 0.795. The third kappa shape index (κ3) is 3.39. The Morgan fingerprint density at radius 3 is 2.55 bits per heavy atom. The minimum Gasteiger partial charge on any atom is -0.488 e. The number of nitrogens with zero attached hydrogens (tertiary/aromatic N) is 1. The molecular weight excluding hydrogens is 457 g/mol. The van der Waals surface area contributed by atoms with Crippen molar-refractivity contribution in [2.24, 2.45) is 0 Å². The zero-order valence-corrected chi connectivity index (χ0v) is 18.7. The molecule has 0 N–H and O–H groups in total. The summed E-state index contributed by atoms with van der Waals surface area (Å²) in [4.78, 5) is 18.2. The fourth-order valence-electron chi connectivity index (χ4n) is 4.19. The molecule has 0 fully saturated rings. The SMILES string of the molecule is O=C(c1ccc(Cl)cc1)c1oc2ccccc2c1-c1cnc2c(c1)COc1ccc(Cl)cc1-2. The van der Waals surface area contributed by atoms with E-state index in [4.69, 9.17) is 37.3 Å². The van der Waals surface area contributed by atoms with E-state index in [0.29, 0.717) is 33.4 Å². The van der Waals surface area contributed by atoms with E-state index in [2.05, 4.69) is 0 Å². The largest absolute Gasteiger partial charge is 0.488 e. The standard InChI is InChI=1S/C27H15Cl2NO3/c28-18-7-5-15(6-8-18)26(31)27-24(20-3-1-2-4-23(20)33-27)16-11-17-14-32-22-10-9-19(29)12-21(22)25(17)30-13-16/h1-13H,14H2. The number of carbonyl (C=O) groups excluding carboxylic acids is 1. The third-order valence-electron chi connectivity index (χ3n) is 5.74. The highest BCUT2D eigenvalue weighted by Gasteiger charge is 2.25. The maximum atomic E-state index is 13.4. The Morgan fingerprint density at radius 2 is 1.70 bits per heavy atom. The summed E-state index contributed by atoms with van der Waals surface area (Å²) in [6.07, 6.45) is 1.77. The van der Waals surface area contributed by atoms with Gasteiger partial charge in [-0.05, 0) is 54.6 Å². The van der Waals surface area contributed by atoms with Crippen LogP contribution < -0.4 is 4.74 Å². The second-order valence-corrected chi connectivity index (χ2v) is 8.67. The molecule has 33 heavy (non-hydrogen) atoms. The first-order valence-electron chi connectivity index (χ1n) is 10.3. The number of fused-ring (bicyclic) bond motifs is 4. The molecule has 1 aliphatic heterocycles. The Hall–Kier alpha value is -3.60. The number of ketones is 1. The fraction of sp³-hybridized carbons (Fsp3) is 0.0370. The molecule has 6 heteroatoms. The van der Waals surface area contributed by atoms with E-state index in [9.17, 15) is 4.79 Å². The smallest absolute Gasteiger partial charge is 0.228 e. The van der Waals surface area contributed by atoms with Gasteiger partial charge in [-0.15, -0.1) is 0 Å². The van der Waals surface area contributed by atoms with Crippen LogP contribution in [0.25, 0.3) is 33.4 Å². The van der Waals surface area contributed by atoms with Gasteiger partial charge in [0.2, 0.25) is 5.78 Å². The summed E-state index contributed by atoms with van der Waals surface area (Å²) in [6.45, 7) is 0.376. The Kier molecular flexibility index (Phi) is 4.72. The van der Waals surface area contributed by atoms with E-state index in [-0.39, 0.29) is 11.5 Å². The molecule has 0 aliphatic carbocycles. The Balaban J connectivity index is 1.53. The summed E-state index contributed by atoms with van der Waals surface area (Å²) in [7, 11) is 0. The lowest BCUT2D eigenvalue weighted by Crippen LogP contribution is -2.08. The van der Waals surface area contributed by atoms with E-state index < -0.39 is 0 Å². The van der Waals surface area contributed by atoms with Crippen LogP contribution in [0.15, 0.2) is 83.4 Å². The van der Waals surface area contributed by atoms with Crippen LogP contribution in [0.2, 0.25) is 10.0 Å². The van der Waals surface area contributed by atoms with Gasteiger partial charge >= 0.3 is 0 Å². The highest BCUT2D eigenvalue weighted by molar-refractivity contribution is 6.31. The maximum absolute atomic E-state index is 13.4. The van der Waals surface area contributed by atoms with Gasteiger partial charge < -0.3 is 9.15 Å². The van der Waals surface area contributed by atoms with Crippen molar-refractivity contribution in [2.75, 3.05) is 0 Å². The van der Waals surface area contributed by atoms with E-state index in [1.54, 1.807) is 36.5 Å². The Morgan fingerprint density at radius 1 is 0.909 bits per heavy atom. The molecule has 3 aromatic carbocycles. The van der Waals surface area contributed by atoms with Crippen molar-refractivity contribution in [3.8, 4) is 28.1 Å². The number of rotatable bonds is 3. The number of ether oxygens (including phenoxy) is 1. The Bertz CT molecular complexity index is 1550. The van der Waals surface area contributed by atoms with Gasteiger partial charge in [0.1, 0.15) is 17.9 Å². The zero-order valence-electron chi connectivity index (χ0n) is 17.1. The average Bonchev–Trinajstić information content (AvgIpc) is 3.23. The van der Waals surface area contributed by atoms with Crippen molar-refractivity contribution >= 4 is 40.0 Å². The van der Waals surface area contributed by atoms with Crippen LogP contribution in [0.1, 0.15) is 21.7 Å².